The Morgan fingerprint density at radius 2 is 1.92 bits per heavy atom. The zero-order chi connectivity index (χ0) is 16.8. The number of hydrogen-bond donors (Lipinski definition) is 1. The second kappa shape index (κ2) is 7.79. The van der Waals surface area contributed by atoms with Crippen LogP contribution in [-0.4, -0.2) is 12.5 Å². The van der Waals surface area contributed by atoms with E-state index in [1.54, 1.807) is 11.3 Å². The Morgan fingerprint density at radius 1 is 1.08 bits per heavy atom. The van der Waals surface area contributed by atoms with Gasteiger partial charge >= 0.3 is 0 Å². The summed E-state index contributed by atoms with van der Waals surface area (Å²) in [5, 5.41) is 5.08. The first-order valence-electron chi connectivity index (χ1n) is 7.79. The van der Waals surface area contributed by atoms with Gasteiger partial charge < -0.3 is 10.1 Å². The highest BCUT2D eigenvalue weighted by Gasteiger charge is 2.17. The summed E-state index contributed by atoms with van der Waals surface area (Å²) in [5.74, 6) is 0.566. The largest absolute Gasteiger partial charge is 0.484 e. The van der Waals surface area contributed by atoms with Gasteiger partial charge in [-0.25, -0.2) is 0 Å². The van der Waals surface area contributed by atoms with Gasteiger partial charge in [-0.05, 0) is 41.6 Å². The maximum absolute atomic E-state index is 12.3. The molecule has 3 nitrogen and oxygen atoms in total. The molecule has 0 aliphatic carbocycles. The molecule has 0 bridgehead atoms. The Bertz CT molecular complexity index is 784. The summed E-state index contributed by atoms with van der Waals surface area (Å²) in [4.78, 5) is 13.5. The van der Waals surface area contributed by atoms with Gasteiger partial charge in [0, 0.05) is 4.88 Å². The van der Waals surface area contributed by atoms with Crippen molar-refractivity contribution in [2.75, 3.05) is 6.61 Å². The summed E-state index contributed by atoms with van der Waals surface area (Å²) in [5.41, 5.74) is 2.16. The zero-order valence-corrected chi connectivity index (χ0v) is 14.3. The van der Waals surface area contributed by atoms with Crippen molar-refractivity contribution in [3.63, 3.8) is 0 Å². The fraction of sp³-hybridized carbons (Fsp3) is 0.150. The lowest BCUT2D eigenvalue weighted by atomic mass is 10.1. The standard InChI is InChI=1S/C20H19NO2S/c1-15-7-5-10-17(13-15)23-14-19(22)21-20(18-11-6-12-24-18)16-8-3-2-4-9-16/h2-13,20H,14H2,1H3,(H,21,22). The molecular weight excluding hydrogens is 318 g/mol. The minimum atomic E-state index is -0.153. The summed E-state index contributed by atoms with van der Waals surface area (Å²) in [6, 6.07) is 21.5. The zero-order valence-electron chi connectivity index (χ0n) is 13.4. The lowest BCUT2D eigenvalue weighted by Crippen LogP contribution is -2.32. The molecule has 2 aromatic carbocycles. The van der Waals surface area contributed by atoms with Crippen LogP contribution in [0.2, 0.25) is 0 Å². The molecular formula is C20H19NO2S. The average molecular weight is 337 g/mol. The van der Waals surface area contributed by atoms with Crippen LogP contribution in [0.5, 0.6) is 5.75 Å². The Hall–Kier alpha value is -2.59. The molecule has 1 aromatic heterocycles. The number of thiophene rings is 1. The lowest BCUT2D eigenvalue weighted by molar-refractivity contribution is -0.123. The third-order valence-electron chi connectivity index (χ3n) is 3.63. The van der Waals surface area contributed by atoms with E-state index in [1.807, 2.05) is 79.0 Å². The van der Waals surface area contributed by atoms with Gasteiger partial charge in [0.2, 0.25) is 0 Å². The number of benzene rings is 2. The molecule has 122 valence electrons. The number of aryl methyl sites for hydroxylation is 1. The van der Waals surface area contributed by atoms with E-state index in [9.17, 15) is 4.79 Å². The topological polar surface area (TPSA) is 38.3 Å². The smallest absolute Gasteiger partial charge is 0.258 e. The van der Waals surface area contributed by atoms with Gasteiger partial charge in [-0.3, -0.25) is 4.79 Å². The monoisotopic (exact) mass is 337 g/mol. The number of nitrogens with one attached hydrogen (secondary N) is 1. The van der Waals surface area contributed by atoms with Crippen LogP contribution < -0.4 is 10.1 Å². The van der Waals surface area contributed by atoms with Gasteiger partial charge in [0.1, 0.15) is 5.75 Å². The van der Waals surface area contributed by atoms with Crippen molar-refractivity contribution in [3.05, 3.63) is 88.1 Å². The van der Waals surface area contributed by atoms with Crippen LogP contribution >= 0.6 is 11.3 Å². The highest BCUT2D eigenvalue weighted by atomic mass is 32.1. The molecule has 0 aliphatic heterocycles. The fourth-order valence-electron chi connectivity index (χ4n) is 2.48. The van der Waals surface area contributed by atoms with Crippen molar-refractivity contribution >= 4 is 17.2 Å². The molecule has 24 heavy (non-hydrogen) atoms. The van der Waals surface area contributed by atoms with E-state index < -0.39 is 0 Å². The maximum Gasteiger partial charge on any atom is 0.258 e. The Kier molecular flexibility index (Phi) is 5.29. The van der Waals surface area contributed by atoms with Gasteiger partial charge in [-0.2, -0.15) is 0 Å². The third kappa shape index (κ3) is 4.24. The lowest BCUT2D eigenvalue weighted by Gasteiger charge is -2.18. The number of carbonyl (C=O) groups is 1. The van der Waals surface area contributed by atoms with E-state index in [4.69, 9.17) is 4.74 Å². The van der Waals surface area contributed by atoms with E-state index >= 15 is 0 Å². The molecule has 3 aromatic rings. The van der Waals surface area contributed by atoms with E-state index in [0.717, 1.165) is 16.0 Å². The number of amides is 1. The van der Waals surface area contributed by atoms with Crippen LogP contribution in [0, 0.1) is 6.92 Å². The molecule has 3 rings (SSSR count). The minimum Gasteiger partial charge on any atom is -0.484 e. The summed E-state index contributed by atoms with van der Waals surface area (Å²) in [6.45, 7) is 1.99. The summed E-state index contributed by atoms with van der Waals surface area (Å²) >= 11 is 1.63. The number of ether oxygens (including phenoxy) is 1. The van der Waals surface area contributed by atoms with Crippen LogP contribution in [0.4, 0.5) is 0 Å². The molecule has 0 saturated heterocycles. The van der Waals surface area contributed by atoms with Gasteiger partial charge in [-0.1, -0.05) is 48.5 Å². The third-order valence-corrected chi connectivity index (χ3v) is 4.56. The summed E-state index contributed by atoms with van der Waals surface area (Å²) < 4.78 is 5.59. The molecule has 0 fully saturated rings. The summed E-state index contributed by atoms with van der Waals surface area (Å²) in [6.07, 6.45) is 0. The SMILES string of the molecule is Cc1cccc(OCC(=O)NC(c2ccccc2)c2cccs2)c1. The van der Waals surface area contributed by atoms with Crippen LogP contribution in [0.25, 0.3) is 0 Å². The second-order valence-electron chi connectivity index (χ2n) is 5.53. The second-order valence-corrected chi connectivity index (χ2v) is 6.51. The molecule has 1 amide bonds. The fourth-order valence-corrected chi connectivity index (χ4v) is 3.28. The van der Waals surface area contributed by atoms with Gasteiger partial charge in [-0.15, -0.1) is 11.3 Å². The molecule has 0 spiro atoms. The van der Waals surface area contributed by atoms with Gasteiger partial charge in [0.05, 0.1) is 6.04 Å². The first kappa shape index (κ1) is 16.3. The number of carbonyl (C=O) groups excluding carboxylic acids is 1. The highest BCUT2D eigenvalue weighted by molar-refractivity contribution is 7.10. The molecule has 1 N–H and O–H groups in total. The van der Waals surface area contributed by atoms with Gasteiger partial charge in [0.25, 0.3) is 5.91 Å². The predicted molar refractivity (Wildman–Crippen MR) is 97.4 cm³/mol. The van der Waals surface area contributed by atoms with Crippen molar-refractivity contribution < 1.29 is 9.53 Å². The minimum absolute atomic E-state index is 0.00182. The van der Waals surface area contributed by atoms with Crippen LogP contribution in [0.1, 0.15) is 22.0 Å². The van der Waals surface area contributed by atoms with Crippen molar-refractivity contribution in [3.8, 4) is 5.75 Å². The highest BCUT2D eigenvalue weighted by Crippen LogP contribution is 2.25. The molecule has 1 heterocycles. The van der Waals surface area contributed by atoms with E-state index in [0.29, 0.717) is 5.75 Å². The molecule has 1 atom stereocenters. The molecule has 1 unspecified atom stereocenters. The van der Waals surface area contributed by atoms with Crippen molar-refractivity contribution in [1.82, 2.24) is 5.32 Å². The van der Waals surface area contributed by atoms with Crippen molar-refractivity contribution in [2.24, 2.45) is 0 Å². The number of rotatable bonds is 6. The van der Waals surface area contributed by atoms with Crippen LogP contribution in [0.15, 0.2) is 72.1 Å². The van der Waals surface area contributed by atoms with E-state index in [2.05, 4.69) is 5.32 Å². The van der Waals surface area contributed by atoms with E-state index in [1.165, 1.54) is 0 Å². The average Bonchev–Trinajstić information content (AvgIpc) is 3.13. The Morgan fingerprint density at radius 3 is 2.62 bits per heavy atom. The maximum atomic E-state index is 12.3. The first-order chi connectivity index (χ1) is 11.7. The van der Waals surface area contributed by atoms with Crippen molar-refractivity contribution in [2.45, 2.75) is 13.0 Å². The molecule has 0 saturated carbocycles. The normalized spacial score (nSPS) is 11.7. The Labute approximate surface area is 145 Å². The van der Waals surface area contributed by atoms with E-state index in [-0.39, 0.29) is 18.6 Å². The summed E-state index contributed by atoms with van der Waals surface area (Å²) in [7, 11) is 0. The molecule has 4 heteroatoms. The van der Waals surface area contributed by atoms with Crippen LogP contribution in [0.3, 0.4) is 0 Å². The Balaban J connectivity index is 1.68. The van der Waals surface area contributed by atoms with Gasteiger partial charge in [0.15, 0.2) is 6.61 Å². The molecule has 0 radical (unpaired) electrons. The molecule has 0 aliphatic rings. The van der Waals surface area contributed by atoms with Crippen LogP contribution in [-0.2, 0) is 4.79 Å². The quantitative estimate of drug-likeness (QED) is 0.726. The predicted octanol–water partition coefficient (Wildman–Crippen LogP) is 4.34. The van der Waals surface area contributed by atoms with Crippen molar-refractivity contribution in [1.29, 1.82) is 0 Å². The number of hydrogen-bond acceptors (Lipinski definition) is 3. The first-order valence-corrected chi connectivity index (χ1v) is 8.67.